The fourth-order valence-electron chi connectivity index (χ4n) is 3.91. The molecular formula is C23H21FN4OS. The number of nitrogens with one attached hydrogen (secondary N) is 1. The molecule has 1 aliphatic rings. The summed E-state index contributed by atoms with van der Waals surface area (Å²) in [5.41, 5.74) is 3.84. The molecule has 0 aliphatic carbocycles. The van der Waals surface area contributed by atoms with Crippen LogP contribution in [0, 0.1) is 5.82 Å². The Morgan fingerprint density at radius 2 is 1.97 bits per heavy atom. The van der Waals surface area contributed by atoms with Crippen molar-refractivity contribution in [3.8, 4) is 10.7 Å². The van der Waals surface area contributed by atoms with Crippen LogP contribution in [-0.2, 0) is 26.1 Å². The molecule has 5 rings (SSSR count). The standard InChI is InChI=1S/C23H21FN4OS/c24-17-7-5-16(6-8-17)13-28-10-1-3-18(28)14-27-11-9-20-19(15-27)23(29)26-22(25-20)21-4-2-12-30-21/h1-8,10,12H,9,11,13-15H2,(H,25,26,29). The van der Waals surface area contributed by atoms with Gasteiger partial charge in [-0.1, -0.05) is 18.2 Å². The minimum Gasteiger partial charge on any atom is -0.346 e. The molecule has 0 saturated heterocycles. The number of thiophene rings is 1. The minimum atomic E-state index is -0.223. The molecule has 1 N–H and O–H groups in total. The van der Waals surface area contributed by atoms with Gasteiger partial charge in [-0.25, -0.2) is 9.37 Å². The van der Waals surface area contributed by atoms with E-state index in [1.807, 2.05) is 41.9 Å². The van der Waals surface area contributed by atoms with Gasteiger partial charge in [0.05, 0.1) is 16.1 Å². The lowest BCUT2D eigenvalue weighted by molar-refractivity contribution is 0.236. The largest absolute Gasteiger partial charge is 0.346 e. The van der Waals surface area contributed by atoms with Crippen LogP contribution in [0.3, 0.4) is 0 Å². The third-order valence-electron chi connectivity index (χ3n) is 5.48. The normalized spacial score (nSPS) is 14.0. The third kappa shape index (κ3) is 3.86. The Labute approximate surface area is 177 Å². The predicted octanol–water partition coefficient (Wildman–Crippen LogP) is 4.05. The molecule has 0 radical (unpaired) electrons. The molecule has 5 nitrogen and oxygen atoms in total. The summed E-state index contributed by atoms with van der Waals surface area (Å²) in [6.45, 7) is 2.89. The van der Waals surface area contributed by atoms with Crippen LogP contribution < -0.4 is 5.56 Å². The van der Waals surface area contributed by atoms with Gasteiger partial charge in [0.1, 0.15) is 5.82 Å². The number of halogens is 1. The van der Waals surface area contributed by atoms with Crippen molar-refractivity contribution in [3.05, 3.63) is 98.8 Å². The predicted molar refractivity (Wildman–Crippen MR) is 116 cm³/mol. The molecule has 4 aromatic rings. The van der Waals surface area contributed by atoms with Crippen LogP contribution in [0.2, 0.25) is 0 Å². The van der Waals surface area contributed by atoms with Gasteiger partial charge in [-0.15, -0.1) is 11.3 Å². The van der Waals surface area contributed by atoms with Crippen molar-refractivity contribution in [2.45, 2.75) is 26.1 Å². The van der Waals surface area contributed by atoms with Crippen molar-refractivity contribution >= 4 is 11.3 Å². The van der Waals surface area contributed by atoms with E-state index in [0.29, 0.717) is 18.9 Å². The number of hydrogen-bond acceptors (Lipinski definition) is 4. The first-order valence-electron chi connectivity index (χ1n) is 9.92. The molecule has 30 heavy (non-hydrogen) atoms. The Bertz CT molecular complexity index is 1210. The van der Waals surface area contributed by atoms with Crippen molar-refractivity contribution in [2.24, 2.45) is 0 Å². The first-order chi connectivity index (χ1) is 14.7. The van der Waals surface area contributed by atoms with E-state index in [-0.39, 0.29) is 11.4 Å². The fraction of sp³-hybridized carbons (Fsp3) is 0.217. The summed E-state index contributed by atoms with van der Waals surface area (Å²) in [4.78, 5) is 23.6. The van der Waals surface area contributed by atoms with Gasteiger partial charge in [-0.2, -0.15) is 0 Å². The molecule has 1 aliphatic heterocycles. The molecule has 0 unspecified atom stereocenters. The maximum atomic E-state index is 13.2. The average molecular weight is 421 g/mol. The van der Waals surface area contributed by atoms with E-state index < -0.39 is 0 Å². The summed E-state index contributed by atoms with van der Waals surface area (Å²) in [5, 5.41) is 1.98. The molecule has 4 heterocycles. The molecule has 0 saturated carbocycles. The Morgan fingerprint density at radius 3 is 2.77 bits per heavy atom. The van der Waals surface area contributed by atoms with E-state index in [4.69, 9.17) is 4.98 Å². The highest BCUT2D eigenvalue weighted by Crippen LogP contribution is 2.23. The lowest BCUT2D eigenvalue weighted by Crippen LogP contribution is -2.35. The molecule has 0 bridgehead atoms. The number of hydrogen-bond donors (Lipinski definition) is 1. The van der Waals surface area contributed by atoms with E-state index in [0.717, 1.165) is 41.2 Å². The van der Waals surface area contributed by atoms with Gasteiger partial charge in [0, 0.05) is 44.5 Å². The maximum absolute atomic E-state index is 13.2. The van der Waals surface area contributed by atoms with Crippen LogP contribution in [0.4, 0.5) is 4.39 Å². The van der Waals surface area contributed by atoms with Gasteiger partial charge in [0.25, 0.3) is 5.56 Å². The first-order valence-corrected chi connectivity index (χ1v) is 10.8. The molecule has 0 amide bonds. The van der Waals surface area contributed by atoms with Gasteiger partial charge >= 0.3 is 0 Å². The summed E-state index contributed by atoms with van der Waals surface area (Å²) in [6.07, 6.45) is 2.80. The summed E-state index contributed by atoms with van der Waals surface area (Å²) in [6, 6.07) is 14.7. The molecule has 3 aromatic heterocycles. The SMILES string of the molecule is O=c1[nH]c(-c2cccs2)nc2c1CN(Cc1cccn1Cc1ccc(F)cc1)CC2. The van der Waals surface area contributed by atoms with Gasteiger partial charge < -0.3 is 9.55 Å². The Kier molecular flexibility index (Phi) is 5.06. The van der Waals surface area contributed by atoms with E-state index in [1.54, 1.807) is 11.3 Å². The highest BCUT2D eigenvalue weighted by Gasteiger charge is 2.22. The maximum Gasteiger partial charge on any atom is 0.255 e. The van der Waals surface area contributed by atoms with E-state index in [9.17, 15) is 9.18 Å². The van der Waals surface area contributed by atoms with Crippen LogP contribution in [0.5, 0.6) is 0 Å². The molecule has 0 fully saturated rings. The third-order valence-corrected chi connectivity index (χ3v) is 6.35. The zero-order chi connectivity index (χ0) is 20.5. The number of aromatic nitrogens is 3. The Hall–Kier alpha value is -3.03. The summed E-state index contributed by atoms with van der Waals surface area (Å²) in [7, 11) is 0. The molecular weight excluding hydrogens is 399 g/mol. The van der Waals surface area contributed by atoms with Gasteiger partial charge in [0.15, 0.2) is 5.82 Å². The van der Waals surface area contributed by atoms with Crippen LogP contribution in [0.15, 0.2) is 64.9 Å². The van der Waals surface area contributed by atoms with Crippen LogP contribution >= 0.6 is 11.3 Å². The number of aromatic amines is 1. The van der Waals surface area contributed by atoms with Crippen LogP contribution in [0.1, 0.15) is 22.5 Å². The second-order valence-electron chi connectivity index (χ2n) is 7.53. The number of rotatable bonds is 5. The van der Waals surface area contributed by atoms with E-state index in [2.05, 4.69) is 20.5 Å². The topological polar surface area (TPSA) is 53.9 Å². The minimum absolute atomic E-state index is 0.0465. The molecule has 1 aromatic carbocycles. The second kappa shape index (κ2) is 8.01. The lowest BCUT2D eigenvalue weighted by atomic mass is 10.1. The number of nitrogens with zero attached hydrogens (tertiary/aromatic N) is 3. The zero-order valence-electron chi connectivity index (χ0n) is 16.3. The Morgan fingerprint density at radius 1 is 1.10 bits per heavy atom. The number of H-pyrrole nitrogens is 1. The zero-order valence-corrected chi connectivity index (χ0v) is 17.2. The molecule has 152 valence electrons. The smallest absolute Gasteiger partial charge is 0.255 e. The van der Waals surface area contributed by atoms with Crippen molar-refractivity contribution in [2.75, 3.05) is 6.54 Å². The summed E-state index contributed by atoms with van der Waals surface area (Å²) in [5.74, 6) is 0.440. The quantitative estimate of drug-likeness (QED) is 0.530. The van der Waals surface area contributed by atoms with Crippen molar-refractivity contribution < 1.29 is 4.39 Å². The summed E-state index contributed by atoms with van der Waals surface area (Å²) < 4.78 is 15.3. The average Bonchev–Trinajstić information content (AvgIpc) is 3.43. The van der Waals surface area contributed by atoms with Crippen molar-refractivity contribution in [3.63, 3.8) is 0 Å². The summed E-state index contributed by atoms with van der Waals surface area (Å²) >= 11 is 1.58. The van der Waals surface area contributed by atoms with E-state index in [1.165, 1.54) is 17.8 Å². The van der Waals surface area contributed by atoms with Crippen LogP contribution in [0.25, 0.3) is 10.7 Å². The van der Waals surface area contributed by atoms with Gasteiger partial charge in [-0.3, -0.25) is 9.69 Å². The van der Waals surface area contributed by atoms with Crippen molar-refractivity contribution in [1.82, 2.24) is 19.4 Å². The number of fused-ring (bicyclic) bond motifs is 1. The second-order valence-corrected chi connectivity index (χ2v) is 8.48. The van der Waals surface area contributed by atoms with Crippen molar-refractivity contribution in [1.29, 1.82) is 0 Å². The van der Waals surface area contributed by atoms with Gasteiger partial charge in [0.2, 0.25) is 0 Å². The highest BCUT2D eigenvalue weighted by atomic mass is 32.1. The molecule has 0 spiro atoms. The van der Waals surface area contributed by atoms with Gasteiger partial charge in [-0.05, 0) is 41.3 Å². The fourth-order valence-corrected chi connectivity index (χ4v) is 4.58. The molecule has 0 atom stereocenters. The Balaban J connectivity index is 1.32. The van der Waals surface area contributed by atoms with E-state index >= 15 is 0 Å². The first kappa shape index (κ1) is 19.0. The lowest BCUT2D eigenvalue weighted by Gasteiger charge is -2.28. The highest BCUT2D eigenvalue weighted by molar-refractivity contribution is 7.13. The van der Waals surface area contributed by atoms with Crippen LogP contribution in [-0.4, -0.2) is 26.0 Å². The molecule has 7 heteroatoms. The number of benzene rings is 1. The monoisotopic (exact) mass is 420 g/mol.